The van der Waals surface area contributed by atoms with Crippen molar-refractivity contribution in [2.24, 2.45) is 0 Å². The van der Waals surface area contributed by atoms with Crippen LogP contribution in [0.1, 0.15) is 36.5 Å². The van der Waals surface area contributed by atoms with E-state index in [4.69, 9.17) is 28.2 Å². The molecule has 0 N–H and O–H groups in total. The number of Topliss-reactive ketones (excluding diaryl/α,β-unsaturated/α-hetero) is 1. The molecule has 0 amide bonds. The lowest BCUT2D eigenvalue weighted by Crippen LogP contribution is -2.20. The van der Waals surface area contributed by atoms with Gasteiger partial charge in [0.1, 0.15) is 0 Å². The van der Waals surface area contributed by atoms with Gasteiger partial charge in [0.15, 0.2) is 5.78 Å². The van der Waals surface area contributed by atoms with Crippen LogP contribution in [0.4, 0.5) is 11.6 Å². The summed E-state index contributed by atoms with van der Waals surface area (Å²) in [4.78, 5) is 19.4. The number of fused-ring (bicyclic) bond motifs is 3. The van der Waals surface area contributed by atoms with E-state index in [1.54, 1.807) is 6.07 Å². The van der Waals surface area contributed by atoms with Crippen LogP contribution in [0.2, 0.25) is 10.0 Å². The number of rotatable bonds is 3. The summed E-state index contributed by atoms with van der Waals surface area (Å²) in [7, 11) is 0. The van der Waals surface area contributed by atoms with Crippen molar-refractivity contribution in [1.82, 2.24) is 9.55 Å². The summed E-state index contributed by atoms with van der Waals surface area (Å²) in [5.74, 6) is 0.969. The molecule has 4 nitrogen and oxygen atoms in total. The minimum Gasteiger partial charge on any atom is -0.310 e. The number of imidazole rings is 1. The lowest BCUT2D eigenvalue weighted by Gasteiger charge is -2.23. The lowest BCUT2D eigenvalue weighted by molar-refractivity contribution is 0.0989. The number of anilines is 2. The molecule has 1 aliphatic heterocycles. The van der Waals surface area contributed by atoms with E-state index in [9.17, 15) is 4.79 Å². The topological polar surface area (TPSA) is 38.1 Å². The Labute approximate surface area is 162 Å². The Bertz CT molecular complexity index is 996. The molecule has 2 heterocycles. The fourth-order valence-corrected chi connectivity index (χ4v) is 4.09. The predicted molar refractivity (Wildman–Crippen MR) is 107 cm³/mol. The third-order valence-electron chi connectivity index (χ3n) is 4.82. The van der Waals surface area contributed by atoms with Crippen LogP contribution < -0.4 is 4.90 Å². The highest BCUT2D eigenvalue weighted by Gasteiger charge is 2.25. The van der Waals surface area contributed by atoms with E-state index in [0.717, 1.165) is 54.2 Å². The summed E-state index contributed by atoms with van der Waals surface area (Å²) < 4.78 is 2.16. The van der Waals surface area contributed by atoms with Crippen molar-refractivity contribution in [2.45, 2.75) is 32.7 Å². The van der Waals surface area contributed by atoms with Gasteiger partial charge in [-0.15, -0.1) is 0 Å². The van der Waals surface area contributed by atoms with Gasteiger partial charge in [0.25, 0.3) is 0 Å². The minimum absolute atomic E-state index is 0.138. The van der Waals surface area contributed by atoms with E-state index in [1.165, 1.54) is 0 Å². The smallest absolute Gasteiger partial charge is 0.211 e. The van der Waals surface area contributed by atoms with E-state index in [-0.39, 0.29) is 5.78 Å². The fraction of sp³-hybridized carbons (Fsp3) is 0.300. The number of benzene rings is 2. The Morgan fingerprint density at radius 3 is 2.73 bits per heavy atom. The van der Waals surface area contributed by atoms with Crippen LogP contribution in [0.3, 0.4) is 0 Å². The maximum Gasteiger partial charge on any atom is 0.211 e. The molecule has 0 atom stereocenters. The highest BCUT2D eigenvalue weighted by molar-refractivity contribution is 6.36. The first-order valence-corrected chi connectivity index (χ1v) is 9.60. The average molecular weight is 388 g/mol. The Balaban J connectivity index is 1.94. The molecular formula is C20H19Cl2N3O. The minimum atomic E-state index is 0.138. The monoisotopic (exact) mass is 387 g/mol. The van der Waals surface area contributed by atoms with Gasteiger partial charge in [0.2, 0.25) is 5.95 Å². The van der Waals surface area contributed by atoms with Gasteiger partial charge in [-0.3, -0.25) is 4.79 Å². The van der Waals surface area contributed by atoms with Crippen molar-refractivity contribution < 1.29 is 4.79 Å². The number of aryl methyl sites for hydroxylation is 1. The highest BCUT2D eigenvalue weighted by atomic mass is 35.5. The third kappa shape index (κ3) is 2.87. The Morgan fingerprint density at radius 1 is 1.15 bits per heavy atom. The first kappa shape index (κ1) is 17.4. The number of hydrogen-bond acceptors (Lipinski definition) is 3. The number of carbonyl (C=O) groups excluding carboxylic acids is 1. The van der Waals surface area contributed by atoms with Crippen LogP contribution in [0.15, 0.2) is 36.4 Å². The van der Waals surface area contributed by atoms with E-state index < -0.39 is 0 Å². The normalized spacial score (nSPS) is 14.3. The first-order chi connectivity index (χ1) is 12.6. The molecule has 0 aliphatic carbocycles. The van der Waals surface area contributed by atoms with Gasteiger partial charge in [-0.1, -0.05) is 36.2 Å². The summed E-state index contributed by atoms with van der Waals surface area (Å²) in [5.41, 5.74) is 3.40. The molecule has 2 aromatic carbocycles. The largest absolute Gasteiger partial charge is 0.310 e. The van der Waals surface area contributed by atoms with Gasteiger partial charge in [-0.2, -0.15) is 0 Å². The van der Waals surface area contributed by atoms with Gasteiger partial charge < -0.3 is 9.47 Å². The number of carbonyl (C=O) groups is 1. The SMILES string of the molecule is CCC(=O)c1cccc2nc3n(c12)CCCCN3c1ccc(Cl)cc1Cl. The zero-order valence-electron chi connectivity index (χ0n) is 14.5. The second-order valence-corrected chi connectivity index (χ2v) is 7.31. The molecule has 0 saturated heterocycles. The number of para-hydroxylation sites is 1. The summed E-state index contributed by atoms with van der Waals surface area (Å²) in [5, 5.41) is 1.21. The van der Waals surface area contributed by atoms with Crippen LogP contribution >= 0.6 is 23.2 Å². The van der Waals surface area contributed by atoms with Crippen LogP contribution in [0.5, 0.6) is 0 Å². The van der Waals surface area contributed by atoms with Crippen molar-refractivity contribution in [3.8, 4) is 0 Å². The molecule has 3 aromatic rings. The third-order valence-corrected chi connectivity index (χ3v) is 5.36. The van der Waals surface area contributed by atoms with Crippen molar-refractivity contribution >= 4 is 51.7 Å². The van der Waals surface area contributed by atoms with Gasteiger partial charge in [-0.25, -0.2) is 4.98 Å². The van der Waals surface area contributed by atoms with E-state index in [1.807, 2.05) is 37.3 Å². The van der Waals surface area contributed by atoms with E-state index in [0.29, 0.717) is 16.5 Å². The molecule has 0 radical (unpaired) electrons. The van der Waals surface area contributed by atoms with Crippen LogP contribution in [-0.2, 0) is 6.54 Å². The molecule has 1 aliphatic rings. The van der Waals surface area contributed by atoms with Crippen LogP contribution in [-0.4, -0.2) is 21.9 Å². The molecule has 6 heteroatoms. The number of hydrogen-bond donors (Lipinski definition) is 0. The average Bonchev–Trinajstić information content (AvgIpc) is 2.88. The Morgan fingerprint density at radius 2 is 1.96 bits per heavy atom. The maximum absolute atomic E-state index is 12.4. The van der Waals surface area contributed by atoms with Gasteiger partial charge in [-0.05, 0) is 43.2 Å². The predicted octanol–water partition coefficient (Wildman–Crippen LogP) is 5.87. The molecule has 0 unspecified atom stereocenters. The van der Waals surface area contributed by atoms with Crippen LogP contribution in [0.25, 0.3) is 11.0 Å². The van der Waals surface area contributed by atoms with Crippen molar-refractivity contribution in [1.29, 1.82) is 0 Å². The fourth-order valence-electron chi connectivity index (χ4n) is 3.57. The van der Waals surface area contributed by atoms with Crippen LogP contribution in [0, 0.1) is 0 Å². The molecular weight excluding hydrogens is 369 g/mol. The van der Waals surface area contributed by atoms with Gasteiger partial charge in [0, 0.05) is 30.1 Å². The highest BCUT2D eigenvalue weighted by Crippen LogP contribution is 2.37. The van der Waals surface area contributed by atoms with Crippen molar-refractivity contribution in [3.63, 3.8) is 0 Å². The van der Waals surface area contributed by atoms with Gasteiger partial charge >= 0.3 is 0 Å². The van der Waals surface area contributed by atoms with Crippen molar-refractivity contribution in [3.05, 3.63) is 52.0 Å². The molecule has 0 saturated carbocycles. The Hall–Kier alpha value is -2.04. The zero-order chi connectivity index (χ0) is 18.3. The molecule has 1 aromatic heterocycles. The number of nitrogens with zero attached hydrogens (tertiary/aromatic N) is 3. The Kier molecular flexibility index (Phi) is 4.63. The molecule has 134 valence electrons. The van der Waals surface area contributed by atoms with Crippen molar-refractivity contribution in [2.75, 3.05) is 11.4 Å². The number of halogens is 2. The second-order valence-electron chi connectivity index (χ2n) is 6.47. The molecule has 0 fully saturated rings. The maximum atomic E-state index is 12.4. The summed E-state index contributed by atoms with van der Waals surface area (Å²) in [6.07, 6.45) is 2.52. The standard InChI is InChI=1S/C20H19Cl2N3O/c1-2-18(26)14-6-5-7-16-19(14)25-11-4-3-10-24(20(25)23-16)17-9-8-13(21)12-15(17)22/h5-9,12H,2-4,10-11H2,1H3. The lowest BCUT2D eigenvalue weighted by atomic mass is 10.1. The summed E-state index contributed by atoms with van der Waals surface area (Å²) in [6.45, 7) is 3.55. The molecule has 0 spiro atoms. The second kappa shape index (κ2) is 6.93. The van der Waals surface area contributed by atoms with E-state index >= 15 is 0 Å². The van der Waals surface area contributed by atoms with Gasteiger partial charge in [0.05, 0.1) is 21.7 Å². The number of aromatic nitrogens is 2. The zero-order valence-corrected chi connectivity index (χ0v) is 16.0. The molecule has 0 bridgehead atoms. The molecule has 4 rings (SSSR count). The summed E-state index contributed by atoms with van der Waals surface area (Å²) >= 11 is 12.5. The quantitative estimate of drug-likeness (QED) is 0.527. The first-order valence-electron chi connectivity index (χ1n) is 8.85. The van der Waals surface area contributed by atoms with E-state index in [2.05, 4.69) is 9.47 Å². The number of ketones is 1. The summed E-state index contributed by atoms with van der Waals surface area (Å²) in [6, 6.07) is 11.3. The molecule has 26 heavy (non-hydrogen) atoms.